The van der Waals surface area contributed by atoms with Crippen molar-refractivity contribution in [2.24, 2.45) is 11.8 Å². The molecule has 88 valence electrons. The molecule has 0 aromatic heterocycles. The number of aliphatic hydroxyl groups is 1. The van der Waals surface area contributed by atoms with Crippen molar-refractivity contribution in [2.75, 3.05) is 13.1 Å². The number of hydrogen-bond donors (Lipinski definition) is 1. The molecule has 0 spiro atoms. The molecule has 1 aromatic carbocycles. The molecule has 0 radical (unpaired) electrons. The third-order valence-electron chi connectivity index (χ3n) is 3.51. The molecule has 2 heteroatoms. The molecule has 0 saturated carbocycles. The van der Waals surface area contributed by atoms with Gasteiger partial charge in [0.25, 0.3) is 0 Å². The fourth-order valence-electron chi connectivity index (χ4n) is 2.64. The Morgan fingerprint density at radius 1 is 1.12 bits per heavy atom. The molecule has 1 fully saturated rings. The van der Waals surface area contributed by atoms with Gasteiger partial charge in [0.2, 0.25) is 0 Å². The molecular formula is C14H21NO. The minimum Gasteiger partial charge on any atom is -0.392 e. The summed E-state index contributed by atoms with van der Waals surface area (Å²) < 4.78 is 0. The Hall–Kier alpha value is -0.860. The van der Waals surface area contributed by atoms with Gasteiger partial charge in [0.1, 0.15) is 0 Å². The number of nitrogens with zero attached hydrogens (tertiary/aromatic N) is 1. The molecule has 0 bridgehead atoms. The first-order chi connectivity index (χ1) is 7.66. The highest BCUT2D eigenvalue weighted by Gasteiger charge is 2.29. The van der Waals surface area contributed by atoms with Gasteiger partial charge in [-0.3, -0.25) is 4.90 Å². The van der Waals surface area contributed by atoms with E-state index in [1.165, 1.54) is 5.56 Å². The molecule has 1 unspecified atom stereocenters. The molecule has 2 nitrogen and oxygen atoms in total. The van der Waals surface area contributed by atoms with Gasteiger partial charge in [0.05, 0.1) is 6.10 Å². The summed E-state index contributed by atoms with van der Waals surface area (Å²) >= 11 is 0. The van der Waals surface area contributed by atoms with Crippen molar-refractivity contribution in [1.82, 2.24) is 4.90 Å². The zero-order valence-electron chi connectivity index (χ0n) is 10.1. The summed E-state index contributed by atoms with van der Waals surface area (Å²) in [6.45, 7) is 7.28. The van der Waals surface area contributed by atoms with Gasteiger partial charge in [-0.1, -0.05) is 44.2 Å². The molecule has 1 heterocycles. The van der Waals surface area contributed by atoms with Gasteiger partial charge in [-0.15, -0.1) is 0 Å². The second-order valence-electron chi connectivity index (χ2n) is 5.12. The molecule has 1 aliphatic heterocycles. The van der Waals surface area contributed by atoms with Gasteiger partial charge in [0, 0.05) is 19.6 Å². The number of aliphatic hydroxyl groups excluding tert-OH is 1. The smallest absolute Gasteiger partial charge is 0.0615 e. The van der Waals surface area contributed by atoms with Crippen LogP contribution in [-0.2, 0) is 6.54 Å². The van der Waals surface area contributed by atoms with E-state index in [4.69, 9.17) is 0 Å². The minimum atomic E-state index is -0.132. The number of hydrogen-bond acceptors (Lipinski definition) is 2. The lowest BCUT2D eigenvalue weighted by Gasteiger charge is -2.38. The normalized spacial score (nSPS) is 31.6. The van der Waals surface area contributed by atoms with Gasteiger partial charge in [-0.05, 0) is 17.4 Å². The number of rotatable bonds is 2. The van der Waals surface area contributed by atoms with E-state index in [0.29, 0.717) is 11.8 Å². The maximum absolute atomic E-state index is 9.90. The SMILES string of the molecule is CC1CN(Cc2ccccc2)C[C@H](C)[C@@H]1O. The van der Waals surface area contributed by atoms with E-state index in [1.54, 1.807) is 0 Å². The molecule has 1 aromatic rings. The average molecular weight is 219 g/mol. The summed E-state index contributed by atoms with van der Waals surface area (Å²) in [4.78, 5) is 2.44. The van der Waals surface area contributed by atoms with E-state index >= 15 is 0 Å². The quantitative estimate of drug-likeness (QED) is 0.823. The summed E-state index contributed by atoms with van der Waals surface area (Å²) in [5.41, 5.74) is 1.36. The Balaban J connectivity index is 1.97. The number of likely N-dealkylation sites (tertiary alicyclic amines) is 1. The van der Waals surface area contributed by atoms with Crippen LogP contribution < -0.4 is 0 Å². The van der Waals surface area contributed by atoms with Crippen LogP contribution >= 0.6 is 0 Å². The van der Waals surface area contributed by atoms with Crippen LogP contribution in [0.3, 0.4) is 0 Å². The van der Waals surface area contributed by atoms with Gasteiger partial charge in [-0.25, -0.2) is 0 Å². The highest BCUT2D eigenvalue weighted by Crippen LogP contribution is 2.23. The topological polar surface area (TPSA) is 23.5 Å². The monoisotopic (exact) mass is 219 g/mol. The lowest BCUT2D eigenvalue weighted by atomic mass is 9.88. The molecule has 3 atom stereocenters. The summed E-state index contributed by atoms with van der Waals surface area (Å²) in [5, 5.41) is 9.90. The van der Waals surface area contributed by atoms with E-state index in [1.807, 2.05) is 0 Å². The van der Waals surface area contributed by atoms with Crippen LogP contribution in [0.25, 0.3) is 0 Å². The largest absolute Gasteiger partial charge is 0.392 e. The first kappa shape index (κ1) is 11.6. The molecule has 1 saturated heterocycles. The van der Waals surface area contributed by atoms with Crippen LogP contribution in [0.2, 0.25) is 0 Å². The standard InChI is InChI=1S/C14H21NO/c1-11-8-15(9-12(2)14(11)16)10-13-6-4-3-5-7-13/h3-7,11-12,14,16H,8-10H2,1-2H3/t11-,12?,14-/m0/s1. The molecule has 1 N–H and O–H groups in total. The fourth-order valence-corrected chi connectivity index (χ4v) is 2.64. The average Bonchev–Trinajstić information content (AvgIpc) is 2.27. The van der Waals surface area contributed by atoms with Crippen LogP contribution in [0, 0.1) is 11.8 Å². The van der Waals surface area contributed by atoms with Gasteiger partial charge >= 0.3 is 0 Å². The van der Waals surface area contributed by atoms with Crippen molar-refractivity contribution in [3.8, 4) is 0 Å². The molecule has 0 amide bonds. The molecule has 2 rings (SSSR count). The molecule has 16 heavy (non-hydrogen) atoms. The Morgan fingerprint density at radius 2 is 1.69 bits per heavy atom. The van der Waals surface area contributed by atoms with Crippen molar-refractivity contribution >= 4 is 0 Å². The van der Waals surface area contributed by atoms with Crippen molar-refractivity contribution in [1.29, 1.82) is 0 Å². The Labute approximate surface area is 97.9 Å². The first-order valence-corrected chi connectivity index (χ1v) is 6.11. The van der Waals surface area contributed by atoms with Crippen LogP contribution in [0.1, 0.15) is 19.4 Å². The highest BCUT2D eigenvalue weighted by molar-refractivity contribution is 5.14. The lowest BCUT2D eigenvalue weighted by molar-refractivity contribution is -0.0107. The van der Waals surface area contributed by atoms with E-state index in [2.05, 4.69) is 49.1 Å². The van der Waals surface area contributed by atoms with Crippen molar-refractivity contribution in [3.63, 3.8) is 0 Å². The maximum atomic E-state index is 9.90. The Morgan fingerprint density at radius 3 is 2.25 bits per heavy atom. The summed E-state index contributed by atoms with van der Waals surface area (Å²) in [7, 11) is 0. The zero-order valence-corrected chi connectivity index (χ0v) is 10.1. The fraction of sp³-hybridized carbons (Fsp3) is 0.571. The van der Waals surface area contributed by atoms with Gasteiger partial charge < -0.3 is 5.11 Å². The van der Waals surface area contributed by atoms with Crippen LogP contribution in [0.15, 0.2) is 30.3 Å². The predicted molar refractivity (Wildman–Crippen MR) is 66.1 cm³/mol. The van der Waals surface area contributed by atoms with Crippen LogP contribution in [0.4, 0.5) is 0 Å². The third-order valence-corrected chi connectivity index (χ3v) is 3.51. The highest BCUT2D eigenvalue weighted by atomic mass is 16.3. The second kappa shape index (κ2) is 4.98. The minimum absolute atomic E-state index is 0.132. The summed E-state index contributed by atoms with van der Waals surface area (Å²) in [6.07, 6.45) is -0.132. The molecule has 1 aliphatic rings. The van der Waals surface area contributed by atoms with Crippen LogP contribution in [-0.4, -0.2) is 29.2 Å². The van der Waals surface area contributed by atoms with E-state index in [0.717, 1.165) is 19.6 Å². The zero-order chi connectivity index (χ0) is 11.5. The van der Waals surface area contributed by atoms with E-state index in [-0.39, 0.29) is 6.10 Å². The van der Waals surface area contributed by atoms with Gasteiger partial charge in [-0.2, -0.15) is 0 Å². The van der Waals surface area contributed by atoms with Crippen LogP contribution in [0.5, 0.6) is 0 Å². The second-order valence-corrected chi connectivity index (χ2v) is 5.12. The van der Waals surface area contributed by atoms with E-state index < -0.39 is 0 Å². The number of benzene rings is 1. The summed E-state index contributed by atoms with van der Waals surface area (Å²) in [5.74, 6) is 0.764. The third kappa shape index (κ3) is 2.63. The van der Waals surface area contributed by atoms with Crippen molar-refractivity contribution in [2.45, 2.75) is 26.5 Å². The number of piperidine rings is 1. The lowest BCUT2D eigenvalue weighted by Crippen LogP contribution is -2.46. The first-order valence-electron chi connectivity index (χ1n) is 6.11. The van der Waals surface area contributed by atoms with Crippen molar-refractivity contribution in [3.05, 3.63) is 35.9 Å². The Kier molecular flexibility index (Phi) is 3.62. The summed E-state index contributed by atoms with van der Waals surface area (Å²) in [6, 6.07) is 10.6. The predicted octanol–water partition coefficient (Wildman–Crippen LogP) is 2.14. The van der Waals surface area contributed by atoms with E-state index in [9.17, 15) is 5.11 Å². The molecular weight excluding hydrogens is 198 g/mol. The molecule has 0 aliphatic carbocycles. The Bertz CT molecular complexity index is 313. The maximum Gasteiger partial charge on any atom is 0.0615 e. The van der Waals surface area contributed by atoms with Gasteiger partial charge in [0.15, 0.2) is 0 Å². The van der Waals surface area contributed by atoms with Crippen molar-refractivity contribution < 1.29 is 5.11 Å².